The third-order valence-corrected chi connectivity index (χ3v) is 2.15. The zero-order valence-electron chi connectivity index (χ0n) is 8.31. The minimum absolute atomic E-state index is 0.0191. The maximum absolute atomic E-state index is 10.7. The molecule has 78 valence electrons. The lowest BCUT2D eigenvalue weighted by molar-refractivity contribution is 0.171. The molecule has 0 aliphatic heterocycles. The maximum Gasteiger partial charge on any atom is 0.406 e. The molecule has 0 fully saturated rings. The molecule has 1 N–H and O–H groups in total. The minimum atomic E-state index is -0.416. The average Bonchev–Trinajstić information content (AvgIpc) is 2.14. The normalized spacial score (nSPS) is 12.2. The summed E-state index contributed by atoms with van der Waals surface area (Å²) in [5.74, 6) is 0. The van der Waals surface area contributed by atoms with E-state index in [1.165, 1.54) is 20.0 Å². The first-order chi connectivity index (χ1) is 6.20. The van der Waals surface area contributed by atoms with Crippen LogP contribution < -0.4 is 5.32 Å². The smallest absolute Gasteiger partial charge is 0.406 e. The molecule has 1 unspecified atom stereocenters. The van der Waals surface area contributed by atoms with E-state index in [4.69, 9.17) is 11.6 Å². The van der Waals surface area contributed by atoms with E-state index in [0.717, 1.165) is 12.8 Å². The number of methoxy groups -OCH3 is 1. The van der Waals surface area contributed by atoms with Gasteiger partial charge < -0.3 is 10.1 Å². The molecule has 0 heterocycles. The first-order valence-electron chi connectivity index (χ1n) is 4.66. The topological polar surface area (TPSA) is 38.3 Å². The summed E-state index contributed by atoms with van der Waals surface area (Å²) in [6.45, 7) is 2.63. The number of unbranched alkanes of at least 4 members (excludes halogenated alkanes) is 2. The number of carbonyl (C=O) groups excluding carboxylic acids is 1. The molecule has 0 bridgehead atoms. The molecule has 0 aliphatic carbocycles. The zero-order valence-corrected chi connectivity index (χ0v) is 9.06. The Kier molecular flexibility index (Phi) is 7.90. The number of hydrogen-bond acceptors (Lipinski definition) is 2. The van der Waals surface area contributed by atoms with Gasteiger partial charge in [-0.05, 0) is 6.42 Å². The highest BCUT2D eigenvalue weighted by Gasteiger charge is 2.05. The number of nitrogens with one attached hydrogen (secondary N) is 1. The third-order valence-electron chi connectivity index (χ3n) is 1.77. The van der Waals surface area contributed by atoms with Crippen molar-refractivity contribution in [1.29, 1.82) is 0 Å². The van der Waals surface area contributed by atoms with Gasteiger partial charge in [0.2, 0.25) is 0 Å². The van der Waals surface area contributed by atoms with E-state index in [9.17, 15) is 4.79 Å². The fourth-order valence-electron chi connectivity index (χ4n) is 0.984. The molecule has 4 heteroatoms. The number of amides is 1. The first kappa shape index (κ1) is 12.6. The van der Waals surface area contributed by atoms with E-state index in [-0.39, 0.29) is 5.38 Å². The van der Waals surface area contributed by atoms with E-state index in [1.807, 2.05) is 0 Å². The van der Waals surface area contributed by atoms with Gasteiger partial charge in [-0.3, -0.25) is 0 Å². The Labute approximate surface area is 84.8 Å². The molecule has 1 amide bonds. The van der Waals surface area contributed by atoms with Crippen LogP contribution in [0, 0.1) is 0 Å². The molecule has 0 spiro atoms. The second-order valence-electron chi connectivity index (χ2n) is 2.97. The molecule has 0 aliphatic rings. The van der Waals surface area contributed by atoms with Crippen molar-refractivity contribution in [3.8, 4) is 0 Å². The van der Waals surface area contributed by atoms with Crippen molar-refractivity contribution in [2.75, 3.05) is 13.7 Å². The Bertz CT molecular complexity index is 142. The molecular formula is C9H18ClNO2. The van der Waals surface area contributed by atoms with Crippen molar-refractivity contribution in [3.05, 3.63) is 0 Å². The number of rotatable bonds is 6. The van der Waals surface area contributed by atoms with Crippen LogP contribution in [0.15, 0.2) is 0 Å². The predicted molar refractivity (Wildman–Crippen MR) is 54.2 cm³/mol. The molecule has 13 heavy (non-hydrogen) atoms. The van der Waals surface area contributed by atoms with Crippen molar-refractivity contribution < 1.29 is 9.53 Å². The lowest BCUT2D eigenvalue weighted by Gasteiger charge is -2.09. The number of alkyl carbamates (subject to hydrolysis) is 1. The molecule has 0 saturated heterocycles. The first-order valence-corrected chi connectivity index (χ1v) is 5.10. The van der Waals surface area contributed by atoms with Crippen LogP contribution in [-0.2, 0) is 4.74 Å². The monoisotopic (exact) mass is 207 g/mol. The number of carbonyl (C=O) groups is 1. The molecule has 0 aromatic heterocycles. The summed E-state index contributed by atoms with van der Waals surface area (Å²) in [5, 5.41) is 2.59. The summed E-state index contributed by atoms with van der Waals surface area (Å²) >= 11 is 5.95. The van der Waals surface area contributed by atoms with Crippen LogP contribution in [0.5, 0.6) is 0 Å². The number of ether oxygens (including phenoxy) is 1. The quantitative estimate of drug-likeness (QED) is 0.537. The van der Waals surface area contributed by atoms with Crippen molar-refractivity contribution in [2.45, 2.75) is 38.0 Å². The van der Waals surface area contributed by atoms with Gasteiger partial charge >= 0.3 is 6.09 Å². The number of halogens is 1. The van der Waals surface area contributed by atoms with Gasteiger partial charge in [-0.15, -0.1) is 11.6 Å². The van der Waals surface area contributed by atoms with E-state index < -0.39 is 6.09 Å². The SMILES string of the molecule is CCCCCC(Cl)CNC(=O)OC. The molecule has 0 rings (SSSR count). The van der Waals surface area contributed by atoms with E-state index >= 15 is 0 Å². The molecule has 1 atom stereocenters. The van der Waals surface area contributed by atoms with Crippen molar-refractivity contribution in [3.63, 3.8) is 0 Å². The summed E-state index contributed by atoms with van der Waals surface area (Å²) in [5.41, 5.74) is 0. The summed E-state index contributed by atoms with van der Waals surface area (Å²) in [6.07, 6.45) is 4.03. The van der Waals surface area contributed by atoms with Gasteiger partial charge in [-0.1, -0.05) is 26.2 Å². The molecule has 0 radical (unpaired) electrons. The zero-order chi connectivity index (χ0) is 10.1. The standard InChI is InChI=1S/C9H18ClNO2/c1-3-4-5-6-8(10)7-11-9(12)13-2/h8H,3-7H2,1-2H3,(H,11,12). The lowest BCUT2D eigenvalue weighted by Crippen LogP contribution is -2.29. The highest BCUT2D eigenvalue weighted by atomic mass is 35.5. The molecule has 0 aromatic carbocycles. The van der Waals surface area contributed by atoms with Gasteiger partial charge in [0, 0.05) is 6.54 Å². The van der Waals surface area contributed by atoms with E-state index in [0.29, 0.717) is 6.54 Å². The van der Waals surface area contributed by atoms with Crippen molar-refractivity contribution in [1.82, 2.24) is 5.32 Å². The Hall–Kier alpha value is -0.440. The fourth-order valence-corrected chi connectivity index (χ4v) is 1.22. The summed E-state index contributed by atoms with van der Waals surface area (Å²) in [4.78, 5) is 10.7. The average molecular weight is 208 g/mol. The van der Waals surface area contributed by atoms with Crippen LogP contribution >= 0.6 is 11.6 Å². The number of alkyl halides is 1. The van der Waals surface area contributed by atoms with Crippen LogP contribution in [0.1, 0.15) is 32.6 Å². The number of hydrogen-bond donors (Lipinski definition) is 1. The molecular weight excluding hydrogens is 190 g/mol. The second-order valence-corrected chi connectivity index (χ2v) is 3.58. The lowest BCUT2D eigenvalue weighted by atomic mass is 10.1. The maximum atomic E-state index is 10.7. The van der Waals surface area contributed by atoms with Crippen molar-refractivity contribution >= 4 is 17.7 Å². The van der Waals surface area contributed by atoms with Gasteiger partial charge in [-0.2, -0.15) is 0 Å². The van der Waals surface area contributed by atoms with E-state index in [1.54, 1.807) is 0 Å². The Morgan fingerprint density at radius 2 is 2.23 bits per heavy atom. The van der Waals surface area contributed by atoms with Gasteiger partial charge in [0.05, 0.1) is 12.5 Å². The molecule has 0 saturated carbocycles. The van der Waals surface area contributed by atoms with E-state index in [2.05, 4.69) is 17.0 Å². The molecule has 3 nitrogen and oxygen atoms in total. The van der Waals surface area contributed by atoms with Gasteiger partial charge in [0.1, 0.15) is 0 Å². The van der Waals surface area contributed by atoms with Crippen LogP contribution in [0.4, 0.5) is 4.79 Å². The summed E-state index contributed by atoms with van der Waals surface area (Å²) in [6, 6.07) is 0. The van der Waals surface area contributed by atoms with Crippen LogP contribution in [-0.4, -0.2) is 25.1 Å². The Balaban J connectivity index is 3.29. The Morgan fingerprint density at radius 1 is 1.54 bits per heavy atom. The largest absolute Gasteiger partial charge is 0.453 e. The highest BCUT2D eigenvalue weighted by Crippen LogP contribution is 2.07. The highest BCUT2D eigenvalue weighted by molar-refractivity contribution is 6.20. The van der Waals surface area contributed by atoms with Gasteiger partial charge in [-0.25, -0.2) is 4.79 Å². The van der Waals surface area contributed by atoms with Gasteiger partial charge in [0.25, 0.3) is 0 Å². The second kappa shape index (κ2) is 8.17. The molecule has 0 aromatic rings. The van der Waals surface area contributed by atoms with Crippen molar-refractivity contribution in [2.24, 2.45) is 0 Å². The van der Waals surface area contributed by atoms with Crippen LogP contribution in [0.25, 0.3) is 0 Å². The van der Waals surface area contributed by atoms with Crippen LogP contribution in [0.3, 0.4) is 0 Å². The summed E-state index contributed by atoms with van der Waals surface area (Å²) in [7, 11) is 1.34. The predicted octanol–water partition coefficient (Wildman–Crippen LogP) is 2.53. The Morgan fingerprint density at radius 3 is 2.77 bits per heavy atom. The third kappa shape index (κ3) is 7.91. The van der Waals surface area contributed by atoms with Gasteiger partial charge in [0.15, 0.2) is 0 Å². The minimum Gasteiger partial charge on any atom is -0.453 e. The fraction of sp³-hybridized carbons (Fsp3) is 0.889. The summed E-state index contributed by atoms with van der Waals surface area (Å²) < 4.78 is 4.42. The van der Waals surface area contributed by atoms with Crippen LogP contribution in [0.2, 0.25) is 0 Å².